The number of fused-ring (bicyclic) bond motifs is 9. The summed E-state index contributed by atoms with van der Waals surface area (Å²) in [6, 6.07) is 0. The van der Waals surface area contributed by atoms with E-state index >= 15 is 0 Å². The molecule has 0 aromatic heterocycles. The van der Waals surface area contributed by atoms with E-state index in [4.69, 9.17) is 4.74 Å². The molecule has 3 nitrogen and oxygen atoms in total. The van der Waals surface area contributed by atoms with Crippen LogP contribution in [0.2, 0.25) is 0 Å². The van der Waals surface area contributed by atoms with Gasteiger partial charge in [0, 0.05) is 5.57 Å². The maximum absolute atomic E-state index is 12.4. The Hall–Kier alpha value is -1.35. The van der Waals surface area contributed by atoms with Gasteiger partial charge in [0.1, 0.15) is 5.60 Å². The highest BCUT2D eigenvalue weighted by Gasteiger charge is 2.40. The molecule has 1 N–H and O–H groups in total. The molecule has 0 amide bonds. The van der Waals surface area contributed by atoms with Gasteiger partial charge in [-0.3, -0.25) is 0 Å². The van der Waals surface area contributed by atoms with E-state index in [-0.39, 0.29) is 11.9 Å². The molecule has 0 aromatic carbocycles. The van der Waals surface area contributed by atoms with Crippen LogP contribution in [-0.4, -0.2) is 22.3 Å². The minimum atomic E-state index is -0.884. The normalized spacial score (nSPS) is 39.0. The zero-order valence-corrected chi connectivity index (χ0v) is 14.9. The fraction of sp³-hybridized carbons (Fsp3) is 0.650. The number of hydrogen-bond acceptors (Lipinski definition) is 3. The Kier molecular flexibility index (Phi) is 5.51. The van der Waals surface area contributed by atoms with Gasteiger partial charge in [0.2, 0.25) is 0 Å². The van der Waals surface area contributed by atoms with E-state index in [0.717, 1.165) is 37.7 Å². The molecule has 0 aromatic rings. The van der Waals surface area contributed by atoms with E-state index in [9.17, 15) is 9.90 Å². The minimum absolute atomic E-state index is 0.176. The maximum Gasteiger partial charge on any atom is 0.334 e. The summed E-state index contributed by atoms with van der Waals surface area (Å²) in [6.07, 6.45) is 12.8. The molecule has 1 fully saturated rings. The summed E-state index contributed by atoms with van der Waals surface area (Å²) in [6.45, 7) is 8.06. The van der Waals surface area contributed by atoms with E-state index in [1.165, 1.54) is 5.57 Å². The minimum Gasteiger partial charge on any atom is -0.451 e. The van der Waals surface area contributed by atoms with E-state index in [0.29, 0.717) is 6.42 Å². The molecular weight excluding hydrogens is 288 g/mol. The molecule has 1 aliphatic carbocycles. The Morgan fingerprint density at radius 2 is 1.87 bits per heavy atom. The van der Waals surface area contributed by atoms with Crippen molar-refractivity contribution >= 4 is 5.97 Å². The third-order valence-electron chi connectivity index (χ3n) is 5.10. The number of ether oxygens (including phenoxy) is 1. The van der Waals surface area contributed by atoms with Crippen LogP contribution in [0.15, 0.2) is 35.5 Å². The van der Waals surface area contributed by atoms with Crippen molar-refractivity contribution in [3.05, 3.63) is 35.5 Å². The van der Waals surface area contributed by atoms with Crippen LogP contribution < -0.4 is 0 Å². The van der Waals surface area contributed by atoms with Crippen molar-refractivity contribution in [1.29, 1.82) is 0 Å². The summed E-state index contributed by atoms with van der Waals surface area (Å²) >= 11 is 0. The Balaban J connectivity index is 2.35. The molecule has 23 heavy (non-hydrogen) atoms. The third-order valence-corrected chi connectivity index (χ3v) is 5.10. The van der Waals surface area contributed by atoms with Crippen molar-refractivity contribution in [2.45, 2.75) is 77.4 Å². The number of carbonyl (C=O) groups is 1. The molecule has 2 atom stereocenters. The average Bonchev–Trinajstić information content (AvgIpc) is 2.46. The zero-order chi connectivity index (χ0) is 17.1. The first-order chi connectivity index (χ1) is 10.7. The van der Waals surface area contributed by atoms with Crippen LogP contribution in [0, 0.1) is 5.92 Å². The number of esters is 1. The van der Waals surface area contributed by atoms with Crippen molar-refractivity contribution < 1.29 is 14.6 Å². The third kappa shape index (κ3) is 4.57. The first-order valence-corrected chi connectivity index (χ1v) is 8.75. The van der Waals surface area contributed by atoms with Gasteiger partial charge in [0.15, 0.2) is 0 Å². The lowest BCUT2D eigenvalue weighted by atomic mass is 9.80. The molecule has 2 aliphatic heterocycles. The molecule has 0 spiro atoms. The molecule has 0 saturated carbocycles. The molecule has 2 heterocycles. The van der Waals surface area contributed by atoms with E-state index in [1.54, 1.807) is 0 Å². The van der Waals surface area contributed by atoms with Crippen LogP contribution in [0.1, 0.15) is 66.2 Å². The summed E-state index contributed by atoms with van der Waals surface area (Å²) in [5, 5.41) is 10.6. The lowest BCUT2D eigenvalue weighted by Crippen LogP contribution is -2.43. The van der Waals surface area contributed by atoms with Crippen LogP contribution in [0.25, 0.3) is 0 Å². The predicted molar refractivity (Wildman–Crippen MR) is 93.0 cm³/mol. The summed E-state index contributed by atoms with van der Waals surface area (Å²) < 4.78 is 5.84. The molecule has 0 radical (unpaired) electrons. The highest BCUT2D eigenvalue weighted by atomic mass is 16.6. The SMILES string of the molecule is C/C1=C\CC[C@](C)(O)/C=C/[C@]2(C(C)C)CC/C(=C/CC1)C(=O)O2. The van der Waals surface area contributed by atoms with Crippen molar-refractivity contribution in [3.63, 3.8) is 0 Å². The van der Waals surface area contributed by atoms with Gasteiger partial charge in [-0.25, -0.2) is 4.79 Å². The first kappa shape index (κ1) is 18.0. The van der Waals surface area contributed by atoms with Gasteiger partial charge in [-0.15, -0.1) is 0 Å². The standard InChI is InChI=1S/C20H30O3/c1-15(2)20-12-10-17(18(21)23-20)9-5-7-16(3)8-6-11-19(4,22)13-14-20/h8-9,13-15,22H,5-7,10-12H2,1-4H3/b14-13+,16-8+,17-9-/t19-,20-/m0/s1. The maximum atomic E-state index is 12.4. The van der Waals surface area contributed by atoms with Crippen molar-refractivity contribution in [2.24, 2.45) is 5.92 Å². The van der Waals surface area contributed by atoms with Crippen molar-refractivity contribution in [2.75, 3.05) is 0 Å². The fourth-order valence-electron chi connectivity index (χ4n) is 3.21. The molecule has 3 rings (SSSR count). The van der Waals surface area contributed by atoms with Crippen LogP contribution in [0.4, 0.5) is 0 Å². The van der Waals surface area contributed by atoms with Gasteiger partial charge in [0.25, 0.3) is 0 Å². The molecule has 0 unspecified atom stereocenters. The monoisotopic (exact) mass is 318 g/mol. The Labute approximate surface area is 140 Å². The van der Waals surface area contributed by atoms with Crippen molar-refractivity contribution in [1.82, 2.24) is 0 Å². The van der Waals surface area contributed by atoms with Gasteiger partial charge < -0.3 is 9.84 Å². The zero-order valence-electron chi connectivity index (χ0n) is 14.9. The van der Waals surface area contributed by atoms with Crippen LogP contribution in [0.5, 0.6) is 0 Å². The second-order valence-electron chi connectivity index (χ2n) is 7.55. The summed E-state index contributed by atoms with van der Waals surface area (Å²) in [5.74, 6) is -0.0250. The Morgan fingerprint density at radius 1 is 1.13 bits per heavy atom. The number of rotatable bonds is 1. The number of allylic oxidation sites excluding steroid dienone is 3. The molecule has 2 bridgehead atoms. The fourth-order valence-corrected chi connectivity index (χ4v) is 3.21. The lowest BCUT2D eigenvalue weighted by molar-refractivity contribution is -0.159. The Morgan fingerprint density at radius 3 is 2.52 bits per heavy atom. The number of carbonyl (C=O) groups excluding carboxylic acids is 1. The van der Waals surface area contributed by atoms with Gasteiger partial charge >= 0.3 is 5.97 Å². The summed E-state index contributed by atoms with van der Waals surface area (Å²) in [5.41, 5.74) is 0.616. The van der Waals surface area contributed by atoms with Crippen LogP contribution in [0.3, 0.4) is 0 Å². The lowest BCUT2D eigenvalue weighted by Gasteiger charge is -2.39. The molecule has 3 heteroatoms. The van der Waals surface area contributed by atoms with E-state index < -0.39 is 11.2 Å². The van der Waals surface area contributed by atoms with Gasteiger partial charge in [-0.2, -0.15) is 0 Å². The summed E-state index contributed by atoms with van der Waals surface area (Å²) in [4.78, 5) is 12.4. The largest absolute Gasteiger partial charge is 0.451 e. The first-order valence-electron chi connectivity index (χ1n) is 8.75. The second-order valence-corrected chi connectivity index (χ2v) is 7.55. The molecule has 1 saturated heterocycles. The van der Waals surface area contributed by atoms with E-state index in [2.05, 4.69) is 26.8 Å². The second kappa shape index (κ2) is 7.04. The van der Waals surface area contributed by atoms with Gasteiger partial charge in [0.05, 0.1) is 5.60 Å². The smallest absolute Gasteiger partial charge is 0.334 e. The summed E-state index contributed by atoms with van der Waals surface area (Å²) in [7, 11) is 0. The topological polar surface area (TPSA) is 46.5 Å². The van der Waals surface area contributed by atoms with Crippen molar-refractivity contribution in [3.8, 4) is 0 Å². The highest BCUT2D eigenvalue weighted by Crippen LogP contribution is 2.37. The van der Waals surface area contributed by atoms with Gasteiger partial charge in [-0.1, -0.05) is 37.6 Å². The quantitative estimate of drug-likeness (QED) is 0.573. The molecule has 3 aliphatic rings. The number of aliphatic hydroxyl groups is 1. The Bertz CT molecular complexity index is 537. The predicted octanol–water partition coefficient (Wildman–Crippen LogP) is 4.47. The number of hydrogen-bond donors (Lipinski definition) is 1. The van der Waals surface area contributed by atoms with Crippen LogP contribution >= 0.6 is 0 Å². The van der Waals surface area contributed by atoms with Crippen LogP contribution in [-0.2, 0) is 9.53 Å². The van der Waals surface area contributed by atoms with E-state index in [1.807, 2.05) is 25.2 Å². The highest BCUT2D eigenvalue weighted by molar-refractivity contribution is 5.89. The van der Waals surface area contributed by atoms with Gasteiger partial charge in [-0.05, 0) is 64.4 Å². The average molecular weight is 318 g/mol. The molecular formula is C20H30O3. The molecule has 128 valence electrons.